The van der Waals surface area contributed by atoms with E-state index in [0.717, 1.165) is 24.4 Å². The molecule has 1 aromatic carbocycles. The van der Waals surface area contributed by atoms with Crippen LogP contribution in [0.15, 0.2) is 36.7 Å². The predicted molar refractivity (Wildman–Crippen MR) is 77.8 cm³/mol. The first-order valence-corrected chi connectivity index (χ1v) is 7.45. The van der Waals surface area contributed by atoms with Crippen LogP contribution in [0.2, 0.25) is 0 Å². The fourth-order valence-corrected chi connectivity index (χ4v) is 4.06. The van der Waals surface area contributed by atoms with E-state index < -0.39 is 0 Å². The molecule has 1 aromatic heterocycles. The number of rotatable bonds is 3. The first-order chi connectivity index (χ1) is 9.40. The summed E-state index contributed by atoms with van der Waals surface area (Å²) in [7, 11) is 0. The first-order valence-electron chi connectivity index (χ1n) is 7.45. The van der Waals surface area contributed by atoms with E-state index in [1.54, 1.807) is 0 Å². The molecule has 2 fully saturated rings. The molecule has 1 N–H and O–H groups in total. The van der Waals surface area contributed by atoms with Crippen molar-refractivity contribution in [2.75, 3.05) is 0 Å². The molecular formula is C17H20N2. The van der Waals surface area contributed by atoms with Gasteiger partial charge in [-0.2, -0.15) is 0 Å². The van der Waals surface area contributed by atoms with Crippen molar-refractivity contribution in [1.29, 1.82) is 0 Å². The number of fused-ring (bicyclic) bond motifs is 3. The van der Waals surface area contributed by atoms with Crippen LogP contribution in [0.1, 0.15) is 31.2 Å². The van der Waals surface area contributed by atoms with Gasteiger partial charge in [-0.05, 0) is 42.0 Å². The normalized spacial score (nSPS) is 29.2. The number of benzene rings is 1. The van der Waals surface area contributed by atoms with Gasteiger partial charge in [0.05, 0.1) is 0 Å². The van der Waals surface area contributed by atoms with Gasteiger partial charge in [0, 0.05) is 30.4 Å². The summed E-state index contributed by atoms with van der Waals surface area (Å²) in [6.07, 6.45) is 9.74. The molecule has 98 valence electrons. The zero-order valence-electron chi connectivity index (χ0n) is 11.2. The third-order valence-corrected chi connectivity index (χ3v) is 5.04. The number of pyridine rings is 1. The highest BCUT2D eigenvalue weighted by Gasteiger charge is 2.38. The molecule has 2 bridgehead atoms. The fourth-order valence-electron chi connectivity index (χ4n) is 4.06. The Bertz CT molecular complexity index is 587. The van der Waals surface area contributed by atoms with Crippen LogP contribution in [0.25, 0.3) is 10.8 Å². The van der Waals surface area contributed by atoms with E-state index in [1.165, 1.54) is 42.0 Å². The topological polar surface area (TPSA) is 24.9 Å². The van der Waals surface area contributed by atoms with Crippen molar-refractivity contribution in [3.05, 3.63) is 42.2 Å². The minimum atomic E-state index is 0.748. The quantitative estimate of drug-likeness (QED) is 0.904. The molecular weight excluding hydrogens is 232 g/mol. The average Bonchev–Trinajstić information content (AvgIpc) is 3.07. The van der Waals surface area contributed by atoms with Gasteiger partial charge in [-0.15, -0.1) is 0 Å². The lowest BCUT2D eigenvalue weighted by Gasteiger charge is -2.23. The second kappa shape index (κ2) is 4.61. The molecule has 2 aromatic rings. The molecule has 0 saturated heterocycles. The zero-order valence-corrected chi connectivity index (χ0v) is 11.2. The molecule has 2 aliphatic rings. The minimum Gasteiger partial charge on any atom is -0.310 e. The Morgan fingerprint density at radius 1 is 1.11 bits per heavy atom. The molecule has 2 nitrogen and oxygen atoms in total. The van der Waals surface area contributed by atoms with Crippen molar-refractivity contribution in [3.8, 4) is 0 Å². The van der Waals surface area contributed by atoms with Crippen LogP contribution in [0.5, 0.6) is 0 Å². The van der Waals surface area contributed by atoms with Crippen LogP contribution in [-0.4, -0.2) is 11.0 Å². The largest absolute Gasteiger partial charge is 0.310 e. The molecule has 2 heteroatoms. The second-order valence-electron chi connectivity index (χ2n) is 6.18. The Morgan fingerprint density at radius 3 is 2.89 bits per heavy atom. The lowest BCUT2D eigenvalue weighted by atomic mass is 9.95. The Labute approximate surface area is 114 Å². The van der Waals surface area contributed by atoms with Gasteiger partial charge in [0.25, 0.3) is 0 Å². The van der Waals surface area contributed by atoms with Crippen molar-refractivity contribution in [1.82, 2.24) is 10.3 Å². The van der Waals surface area contributed by atoms with Crippen molar-refractivity contribution < 1.29 is 0 Å². The van der Waals surface area contributed by atoms with Gasteiger partial charge in [0.2, 0.25) is 0 Å². The smallest absolute Gasteiger partial charge is 0.0346 e. The van der Waals surface area contributed by atoms with E-state index in [0.29, 0.717) is 0 Å². The molecule has 3 unspecified atom stereocenters. The standard InChI is InChI=1S/C17H20N2/c1-2-4-16-14(3-1)9-18-10-15(16)11-19-17-8-12-5-6-13(17)7-12/h1-4,9-10,12-13,17,19H,5-8,11H2. The van der Waals surface area contributed by atoms with E-state index in [2.05, 4.69) is 34.6 Å². The minimum absolute atomic E-state index is 0.748. The number of hydrogen-bond acceptors (Lipinski definition) is 2. The molecule has 0 amide bonds. The SMILES string of the molecule is c1ccc2c(CNC3CC4CCC3C4)cncc2c1. The lowest BCUT2D eigenvalue weighted by Crippen LogP contribution is -2.33. The van der Waals surface area contributed by atoms with Crippen LogP contribution in [0, 0.1) is 11.8 Å². The summed E-state index contributed by atoms with van der Waals surface area (Å²) >= 11 is 0. The maximum absolute atomic E-state index is 4.37. The molecule has 2 aliphatic carbocycles. The van der Waals surface area contributed by atoms with E-state index in [1.807, 2.05) is 12.4 Å². The highest BCUT2D eigenvalue weighted by atomic mass is 14.9. The first kappa shape index (κ1) is 11.4. The Morgan fingerprint density at radius 2 is 2.05 bits per heavy atom. The molecule has 0 aliphatic heterocycles. The van der Waals surface area contributed by atoms with Gasteiger partial charge in [-0.1, -0.05) is 30.7 Å². The van der Waals surface area contributed by atoms with Crippen LogP contribution in [0.4, 0.5) is 0 Å². The zero-order chi connectivity index (χ0) is 12.7. The second-order valence-corrected chi connectivity index (χ2v) is 6.18. The summed E-state index contributed by atoms with van der Waals surface area (Å²) < 4.78 is 0. The van der Waals surface area contributed by atoms with Crippen LogP contribution in [0.3, 0.4) is 0 Å². The van der Waals surface area contributed by atoms with Gasteiger partial charge < -0.3 is 5.32 Å². The number of nitrogens with zero attached hydrogens (tertiary/aromatic N) is 1. The van der Waals surface area contributed by atoms with Crippen LogP contribution in [-0.2, 0) is 6.54 Å². The summed E-state index contributed by atoms with van der Waals surface area (Å²) in [6.45, 7) is 0.961. The van der Waals surface area contributed by atoms with Gasteiger partial charge in [-0.25, -0.2) is 0 Å². The van der Waals surface area contributed by atoms with Crippen molar-refractivity contribution in [2.24, 2.45) is 11.8 Å². The molecule has 0 spiro atoms. The fraction of sp³-hybridized carbons (Fsp3) is 0.471. The highest BCUT2D eigenvalue weighted by molar-refractivity contribution is 5.84. The summed E-state index contributed by atoms with van der Waals surface area (Å²) in [4.78, 5) is 4.37. The van der Waals surface area contributed by atoms with Crippen molar-refractivity contribution >= 4 is 10.8 Å². The summed E-state index contributed by atoms with van der Waals surface area (Å²) in [5.74, 6) is 1.95. The molecule has 4 rings (SSSR count). The molecule has 19 heavy (non-hydrogen) atoms. The van der Waals surface area contributed by atoms with E-state index in [-0.39, 0.29) is 0 Å². The monoisotopic (exact) mass is 252 g/mol. The van der Waals surface area contributed by atoms with Gasteiger partial charge in [-0.3, -0.25) is 4.98 Å². The number of hydrogen-bond donors (Lipinski definition) is 1. The maximum Gasteiger partial charge on any atom is 0.0346 e. The third-order valence-electron chi connectivity index (χ3n) is 5.04. The van der Waals surface area contributed by atoms with Crippen LogP contribution >= 0.6 is 0 Å². The Kier molecular flexibility index (Phi) is 2.77. The summed E-state index contributed by atoms with van der Waals surface area (Å²) in [5, 5.41) is 6.37. The maximum atomic E-state index is 4.37. The molecule has 0 radical (unpaired) electrons. The molecule has 3 atom stereocenters. The highest BCUT2D eigenvalue weighted by Crippen LogP contribution is 2.44. The Hall–Kier alpha value is -1.41. The number of nitrogens with one attached hydrogen (secondary N) is 1. The van der Waals surface area contributed by atoms with E-state index in [9.17, 15) is 0 Å². The van der Waals surface area contributed by atoms with Crippen molar-refractivity contribution in [2.45, 2.75) is 38.3 Å². The summed E-state index contributed by atoms with van der Waals surface area (Å²) in [6, 6.07) is 9.29. The van der Waals surface area contributed by atoms with E-state index >= 15 is 0 Å². The van der Waals surface area contributed by atoms with Crippen LogP contribution < -0.4 is 5.32 Å². The third kappa shape index (κ3) is 2.04. The summed E-state index contributed by atoms with van der Waals surface area (Å²) in [5.41, 5.74) is 1.33. The van der Waals surface area contributed by atoms with E-state index in [4.69, 9.17) is 0 Å². The molecule has 2 saturated carbocycles. The van der Waals surface area contributed by atoms with Gasteiger partial charge in [0.1, 0.15) is 0 Å². The van der Waals surface area contributed by atoms with Gasteiger partial charge >= 0.3 is 0 Å². The van der Waals surface area contributed by atoms with Crippen molar-refractivity contribution in [3.63, 3.8) is 0 Å². The Balaban J connectivity index is 1.52. The number of aromatic nitrogens is 1. The molecule has 1 heterocycles. The lowest BCUT2D eigenvalue weighted by molar-refractivity contribution is 0.351. The average molecular weight is 252 g/mol. The predicted octanol–water partition coefficient (Wildman–Crippen LogP) is 3.51. The van der Waals surface area contributed by atoms with Gasteiger partial charge in [0.15, 0.2) is 0 Å².